The van der Waals surface area contributed by atoms with E-state index in [9.17, 15) is 0 Å². The molecule has 0 bridgehead atoms. The SMILES string of the molecule is c1ccc2c(c1)cc(OCC1CO1)c1ccccc12. The van der Waals surface area contributed by atoms with Crippen LogP contribution in [0.2, 0.25) is 0 Å². The molecule has 0 N–H and O–H groups in total. The Morgan fingerprint density at radius 3 is 2.42 bits per heavy atom. The molecule has 19 heavy (non-hydrogen) atoms. The average Bonchev–Trinajstić information content (AvgIpc) is 3.29. The Balaban J connectivity index is 1.92. The fourth-order valence-corrected chi connectivity index (χ4v) is 2.49. The molecule has 0 aromatic heterocycles. The van der Waals surface area contributed by atoms with Crippen LogP contribution in [0.25, 0.3) is 21.5 Å². The van der Waals surface area contributed by atoms with Crippen molar-refractivity contribution in [2.45, 2.75) is 6.10 Å². The maximum Gasteiger partial charge on any atom is 0.127 e. The lowest BCUT2D eigenvalue weighted by atomic mass is 10.0. The first-order valence-electron chi connectivity index (χ1n) is 6.57. The minimum Gasteiger partial charge on any atom is -0.490 e. The molecule has 2 heteroatoms. The van der Waals surface area contributed by atoms with Gasteiger partial charge in [0, 0.05) is 5.39 Å². The van der Waals surface area contributed by atoms with Crippen molar-refractivity contribution in [3.05, 3.63) is 54.6 Å². The van der Waals surface area contributed by atoms with Crippen LogP contribution in [0, 0.1) is 0 Å². The van der Waals surface area contributed by atoms with Gasteiger partial charge in [-0.2, -0.15) is 0 Å². The van der Waals surface area contributed by atoms with E-state index in [4.69, 9.17) is 9.47 Å². The first-order valence-corrected chi connectivity index (χ1v) is 6.57. The molecule has 1 aliphatic heterocycles. The number of hydrogen-bond donors (Lipinski definition) is 0. The summed E-state index contributed by atoms with van der Waals surface area (Å²) >= 11 is 0. The molecule has 0 spiro atoms. The highest BCUT2D eigenvalue weighted by Gasteiger charge is 2.23. The summed E-state index contributed by atoms with van der Waals surface area (Å²) in [5.74, 6) is 0.949. The maximum atomic E-state index is 5.93. The summed E-state index contributed by atoms with van der Waals surface area (Å²) in [6.45, 7) is 1.47. The Kier molecular flexibility index (Phi) is 2.42. The molecule has 1 heterocycles. The Morgan fingerprint density at radius 1 is 0.947 bits per heavy atom. The molecule has 0 radical (unpaired) electrons. The monoisotopic (exact) mass is 250 g/mol. The Labute approximate surface area is 111 Å². The highest BCUT2D eigenvalue weighted by Crippen LogP contribution is 2.33. The quantitative estimate of drug-likeness (QED) is 0.521. The second-order valence-corrected chi connectivity index (χ2v) is 4.91. The van der Waals surface area contributed by atoms with E-state index < -0.39 is 0 Å². The summed E-state index contributed by atoms with van der Waals surface area (Å²) in [4.78, 5) is 0. The zero-order chi connectivity index (χ0) is 12.7. The van der Waals surface area contributed by atoms with Crippen molar-refractivity contribution in [1.82, 2.24) is 0 Å². The molecular weight excluding hydrogens is 236 g/mol. The van der Waals surface area contributed by atoms with Crippen molar-refractivity contribution in [1.29, 1.82) is 0 Å². The number of ether oxygens (including phenoxy) is 2. The van der Waals surface area contributed by atoms with E-state index in [1.807, 2.05) is 0 Å². The van der Waals surface area contributed by atoms with E-state index in [-0.39, 0.29) is 6.10 Å². The first kappa shape index (κ1) is 10.8. The van der Waals surface area contributed by atoms with Crippen molar-refractivity contribution in [3.63, 3.8) is 0 Å². The van der Waals surface area contributed by atoms with Crippen LogP contribution in [0.1, 0.15) is 0 Å². The van der Waals surface area contributed by atoms with Crippen LogP contribution in [0.3, 0.4) is 0 Å². The molecule has 94 valence electrons. The molecule has 0 aliphatic carbocycles. The molecule has 1 unspecified atom stereocenters. The molecule has 1 saturated heterocycles. The van der Waals surface area contributed by atoms with Gasteiger partial charge in [-0.1, -0.05) is 48.5 Å². The van der Waals surface area contributed by atoms with Crippen molar-refractivity contribution < 1.29 is 9.47 Å². The van der Waals surface area contributed by atoms with Gasteiger partial charge in [-0.25, -0.2) is 0 Å². The van der Waals surface area contributed by atoms with Crippen molar-refractivity contribution in [2.24, 2.45) is 0 Å². The van der Waals surface area contributed by atoms with E-state index in [2.05, 4.69) is 54.6 Å². The zero-order valence-electron chi connectivity index (χ0n) is 10.5. The smallest absolute Gasteiger partial charge is 0.127 e. The van der Waals surface area contributed by atoms with E-state index in [0.717, 1.165) is 12.4 Å². The fourth-order valence-electron chi connectivity index (χ4n) is 2.49. The summed E-state index contributed by atoms with van der Waals surface area (Å²) in [6, 6.07) is 18.9. The fraction of sp³-hybridized carbons (Fsp3) is 0.176. The molecular formula is C17H14O2. The highest BCUT2D eigenvalue weighted by molar-refractivity contribution is 6.10. The topological polar surface area (TPSA) is 21.8 Å². The lowest BCUT2D eigenvalue weighted by Gasteiger charge is -2.11. The van der Waals surface area contributed by atoms with Crippen molar-refractivity contribution in [2.75, 3.05) is 13.2 Å². The van der Waals surface area contributed by atoms with E-state index in [1.54, 1.807) is 0 Å². The second-order valence-electron chi connectivity index (χ2n) is 4.91. The molecule has 4 rings (SSSR count). The molecule has 0 amide bonds. The second kappa shape index (κ2) is 4.25. The number of rotatable bonds is 3. The van der Waals surface area contributed by atoms with Gasteiger partial charge in [-0.3, -0.25) is 0 Å². The number of fused-ring (bicyclic) bond motifs is 3. The summed E-state index contributed by atoms with van der Waals surface area (Å²) < 4.78 is 11.1. The Hall–Kier alpha value is -2.06. The Morgan fingerprint density at radius 2 is 1.63 bits per heavy atom. The summed E-state index contributed by atoms with van der Waals surface area (Å²) in [5.41, 5.74) is 0. The van der Waals surface area contributed by atoms with Gasteiger partial charge in [0.1, 0.15) is 18.5 Å². The van der Waals surface area contributed by atoms with Crippen molar-refractivity contribution >= 4 is 21.5 Å². The third-order valence-electron chi connectivity index (χ3n) is 3.56. The van der Waals surface area contributed by atoms with E-state index in [0.29, 0.717) is 6.61 Å². The van der Waals surface area contributed by atoms with Gasteiger partial charge in [0.15, 0.2) is 0 Å². The normalized spacial score (nSPS) is 17.8. The number of epoxide rings is 1. The minimum absolute atomic E-state index is 0.283. The highest BCUT2D eigenvalue weighted by atomic mass is 16.6. The van der Waals surface area contributed by atoms with Gasteiger partial charge < -0.3 is 9.47 Å². The molecule has 2 nitrogen and oxygen atoms in total. The summed E-state index contributed by atoms with van der Waals surface area (Å²) in [6.07, 6.45) is 0.283. The molecule has 0 saturated carbocycles. The zero-order valence-corrected chi connectivity index (χ0v) is 10.5. The van der Waals surface area contributed by atoms with Gasteiger partial charge in [0.25, 0.3) is 0 Å². The van der Waals surface area contributed by atoms with Crippen LogP contribution < -0.4 is 4.74 Å². The van der Waals surface area contributed by atoms with Crippen molar-refractivity contribution in [3.8, 4) is 5.75 Å². The lowest BCUT2D eigenvalue weighted by Crippen LogP contribution is -2.04. The van der Waals surface area contributed by atoms with E-state index >= 15 is 0 Å². The maximum absolute atomic E-state index is 5.93. The van der Waals surface area contributed by atoms with Crippen LogP contribution in [-0.2, 0) is 4.74 Å². The molecule has 1 atom stereocenters. The van der Waals surface area contributed by atoms with Gasteiger partial charge in [-0.05, 0) is 22.2 Å². The third kappa shape index (κ3) is 1.94. The third-order valence-corrected chi connectivity index (χ3v) is 3.56. The molecule has 3 aromatic rings. The van der Waals surface area contributed by atoms with Crippen LogP contribution >= 0.6 is 0 Å². The average molecular weight is 250 g/mol. The first-order chi connectivity index (χ1) is 9.42. The molecule has 1 aliphatic rings. The van der Waals surface area contributed by atoms with Gasteiger partial charge in [0.05, 0.1) is 6.61 Å². The molecule has 1 fully saturated rings. The van der Waals surface area contributed by atoms with E-state index in [1.165, 1.54) is 21.5 Å². The van der Waals surface area contributed by atoms with Crippen LogP contribution in [0.4, 0.5) is 0 Å². The van der Waals surface area contributed by atoms with Gasteiger partial charge >= 0.3 is 0 Å². The van der Waals surface area contributed by atoms with Crippen LogP contribution in [-0.4, -0.2) is 19.3 Å². The largest absolute Gasteiger partial charge is 0.490 e. The summed E-state index contributed by atoms with van der Waals surface area (Å²) in [7, 11) is 0. The van der Waals surface area contributed by atoms with Crippen LogP contribution in [0.15, 0.2) is 54.6 Å². The standard InChI is InChI=1S/C17H14O2/c1-2-6-14-12(5-1)9-17(19-11-13-10-18-13)16-8-4-3-7-15(14)16/h1-9,13H,10-11H2. The predicted molar refractivity (Wildman–Crippen MR) is 76.7 cm³/mol. The van der Waals surface area contributed by atoms with Crippen LogP contribution in [0.5, 0.6) is 5.75 Å². The number of benzene rings is 3. The lowest BCUT2D eigenvalue weighted by molar-refractivity contribution is 0.265. The predicted octanol–water partition coefficient (Wildman–Crippen LogP) is 3.77. The minimum atomic E-state index is 0.283. The van der Waals surface area contributed by atoms with Gasteiger partial charge in [0.2, 0.25) is 0 Å². The Bertz CT molecular complexity index is 744. The van der Waals surface area contributed by atoms with Gasteiger partial charge in [-0.15, -0.1) is 0 Å². The summed E-state index contributed by atoms with van der Waals surface area (Å²) in [5, 5.41) is 4.90. The number of hydrogen-bond acceptors (Lipinski definition) is 2. The molecule has 3 aromatic carbocycles.